The molecule has 0 bridgehead atoms. The van der Waals surface area contributed by atoms with Crippen molar-refractivity contribution >= 4 is 34.2 Å². The smallest absolute Gasteiger partial charge is 0.234 e. The molecule has 45 heavy (non-hydrogen) atoms. The van der Waals surface area contributed by atoms with E-state index in [1.165, 1.54) is 33.3 Å². The average molecular weight is 580 g/mol. The Balaban J connectivity index is 1.30. The van der Waals surface area contributed by atoms with Gasteiger partial charge >= 0.3 is 0 Å². The topological polar surface area (TPSA) is 46.8 Å². The minimum absolute atomic E-state index is 0.444. The predicted molar refractivity (Wildman–Crippen MR) is 183 cm³/mol. The number of hydrogen-bond donors (Lipinski definition) is 0. The van der Waals surface area contributed by atoms with E-state index >= 15 is 0 Å². The lowest BCUT2D eigenvalue weighted by molar-refractivity contribution is 0.571. The molecule has 1 aliphatic heterocycles. The summed E-state index contributed by atoms with van der Waals surface area (Å²) in [5, 5.41) is 1.26. The van der Waals surface area contributed by atoms with E-state index in [0.717, 1.165) is 28.9 Å². The number of hydrogen-bond acceptors (Lipinski definition) is 4. The minimum Gasteiger partial charge on any atom is -0.313 e. The molecule has 0 radical (unpaired) electrons. The van der Waals surface area contributed by atoms with Crippen molar-refractivity contribution in [3.05, 3.63) is 156 Å². The quantitative estimate of drug-likeness (QED) is 0.209. The Bertz CT molecular complexity index is 2200. The maximum absolute atomic E-state index is 5.20. The highest BCUT2D eigenvalue weighted by atomic mass is 15.3. The van der Waals surface area contributed by atoms with E-state index in [2.05, 4.69) is 126 Å². The molecular formula is C40H29N5. The van der Waals surface area contributed by atoms with Gasteiger partial charge in [-0.15, -0.1) is 0 Å². The number of nitrogens with zero attached hydrogens (tertiary/aromatic N) is 5. The van der Waals surface area contributed by atoms with Gasteiger partial charge in [-0.25, -0.2) is 4.98 Å². The molecule has 5 heteroatoms. The van der Waals surface area contributed by atoms with Crippen molar-refractivity contribution in [3.63, 3.8) is 0 Å². The third-order valence-corrected chi connectivity index (χ3v) is 9.23. The second-order valence-electron chi connectivity index (χ2n) is 11.9. The summed E-state index contributed by atoms with van der Waals surface area (Å²) in [6, 6.07) is 48.5. The molecule has 5 nitrogen and oxygen atoms in total. The first-order valence-corrected chi connectivity index (χ1v) is 15.4. The fourth-order valence-electron chi connectivity index (χ4n) is 7.20. The van der Waals surface area contributed by atoms with Gasteiger partial charge in [-0.1, -0.05) is 115 Å². The van der Waals surface area contributed by atoms with Crippen LogP contribution in [0.3, 0.4) is 0 Å². The Morgan fingerprint density at radius 3 is 1.87 bits per heavy atom. The zero-order valence-corrected chi connectivity index (χ0v) is 24.8. The summed E-state index contributed by atoms with van der Waals surface area (Å²) >= 11 is 0. The molecule has 0 N–H and O–H groups in total. The van der Waals surface area contributed by atoms with E-state index in [0.29, 0.717) is 17.6 Å². The van der Waals surface area contributed by atoms with Crippen molar-refractivity contribution < 1.29 is 0 Å². The van der Waals surface area contributed by atoms with Crippen LogP contribution in [-0.2, 0) is 6.42 Å². The molecule has 7 aromatic rings. The molecule has 1 unspecified atom stereocenters. The summed E-state index contributed by atoms with van der Waals surface area (Å²) in [6.07, 6.45) is 3.19. The molecule has 3 heterocycles. The van der Waals surface area contributed by atoms with Gasteiger partial charge in [0.2, 0.25) is 5.95 Å². The van der Waals surface area contributed by atoms with Gasteiger partial charge < -0.3 is 4.57 Å². The zero-order chi connectivity index (χ0) is 30.0. The molecule has 2 aromatic heterocycles. The van der Waals surface area contributed by atoms with E-state index in [1.807, 2.05) is 36.4 Å². The average Bonchev–Trinajstić information content (AvgIpc) is 3.55. The van der Waals surface area contributed by atoms with Crippen LogP contribution in [0.1, 0.15) is 23.7 Å². The highest BCUT2D eigenvalue weighted by Crippen LogP contribution is 2.55. The van der Waals surface area contributed by atoms with Crippen molar-refractivity contribution in [3.8, 4) is 28.5 Å². The van der Waals surface area contributed by atoms with Gasteiger partial charge in [0.1, 0.15) is 0 Å². The third-order valence-electron chi connectivity index (χ3n) is 9.23. The second-order valence-corrected chi connectivity index (χ2v) is 11.9. The molecule has 1 atom stereocenters. The Hall–Kier alpha value is -5.81. The fourth-order valence-corrected chi connectivity index (χ4v) is 7.20. The van der Waals surface area contributed by atoms with Crippen molar-refractivity contribution in [1.29, 1.82) is 0 Å². The molecule has 0 saturated heterocycles. The lowest BCUT2D eigenvalue weighted by Crippen LogP contribution is -2.45. The summed E-state index contributed by atoms with van der Waals surface area (Å²) in [5.74, 6) is 1.97. The van der Waals surface area contributed by atoms with E-state index in [9.17, 15) is 0 Å². The van der Waals surface area contributed by atoms with E-state index in [-0.39, 0.29) is 0 Å². The van der Waals surface area contributed by atoms with Crippen LogP contribution in [-0.4, -0.2) is 25.1 Å². The van der Waals surface area contributed by atoms with Crippen molar-refractivity contribution in [2.24, 2.45) is 0 Å². The number of fused-ring (bicyclic) bond motifs is 6. The molecule has 9 rings (SSSR count). The monoisotopic (exact) mass is 579 g/mol. The second kappa shape index (κ2) is 9.86. The van der Waals surface area contributed by atoms with Gasteiger partial charge in [0.05, 0.1) is 16.7 Å². The van der Waals surface area contributed by atoms with Crippen LogP contribution in [0.5, 0.6) is 0 Å². The van der Waals surface area contributed by atoms with Crippen LogP contribution in [0.4, 0.5) is 11.6 Å². The Morgan fingerprint density at radius 2 is 1.18 bits per heavy atom. The lowest BCUT2D eigenvalue weighted by Gasteiger charge is -2.39. The highest BCUT2D eigenvalue weighted by Gasteiger charge is 2.49. The Labute approximate surface area is 261 Å². The van der Waals surface area contributed by atoms with Gasteiger partial charge in [0, 0.05) is 45.4 Å². The van der Waals surface area contributed by atoms with E-state index in [1.54, 1.807) is 0 Å². The zero-order valence-electron chi connectivity index (χ0n) is 24.8. The van der Waals surface area contributed by atoms with Gasteiger partial charge in [0.25, 0.3) is 0 Å². The van der Waals surface area contributed by atoms with E-state index < -0.39 is 5.54 Å². The number of para-hydroxylation sites is 3. The molecule has 0 saturated carbocycles. The molecule has 2 aliphatic rings. The highest BCUT2D eigenvalue weighted by molar-refractivity contribution is 6.07. The first-order valence-electron chi connectivity index (χ1n) is 15.4. The SMILES string of the molecule is CC12Cc3c(c4ccccc4n3-c3ccccc3)C=C1c1ccccc1N2c1nc(-c2ccccc2)nc(-c2ccccc2)n1. The van der Waals surface area contributed by atoms with Crippen LogP contribution in [0.2, 0.25) is 0 Å². The summed E-state index contributed by atoms with van der Waals surface area (Å²) in [6.45, 7) is 2.34. The fraction of sp³-hybridized carbons (Fsp3) is 0.0750. The first kappa shape index (κ1) is 25.7. The van der Waals surface area contributed by atoms with Crippen molar-refractivity contribution in [2.45, 2.75) is 18.9 Å². The molecule has 214 valence electrons. The van der Waals surface area contributed by atoms with Gasteiger partial charge in [-0.2, -0.15) is 9.97 Å². The minimum atomic E-state index is -0.444. The largest absolute Gasteiger partial charge is 0.313 e. The molecule has 1 aliphatic carbocycles. The molecule has 0 amide bonds. The van der Waals surface area contributed by atoms with Crippen LogP contribution in [0, 0.1) is 0 Å². The lowest BCUT2D eigenvalue weighted by atomic mass is 9.79. The summed E-state index contributed by atoms with van der Waals surface area (Å²) in [7, 11) is 0. The Kier molecular flexibility index (Phi) is 5.62. The molecule has 5 aromatic carbocycles. The summed E-state index contributed by atoms with van der Waals surface area (Å²) in [5.41, 5.74) is 10.0. The van der Waals surface area contributed by atoms with E-state index in [4.69, 9.17) is 15.0 Å². The van der Waals surface area contributed by atoms with Gasteiger partial charge in [-0.3, -0.25) is 4.90 Å². The predicted octanol–water partition coefficient (Wildman–Crippen LogP) is 9.16. The third kappa shape index (κ3) is 3.90. The van der Waals surface area contributed by atoms with Gasteiger partial charge in [0.15, 0.2) is 11.6 Å². The van der Waals surface area contributed by atoms with Crippen molar-refractivity contribution in [1.82, 2.24) is 19.5 Å². The molecule has 0 spiro atoms. The number of benzene rings is 5. The Morgan fingerprint density at radius 1 is 0.600 bits per heavy atom. The number of anilines is 2. The standard InChI is InChI=1S/C40H29N5/c1-40-26-36-32(30-21-11-13-23-34(30)44(36)29-19-9-4-10-20-29)25-33(40)31-22-12-14-24-35(31)45(40)39-42-37(27-15-5-2-6-16-27)41-38(43-39)28-17-7-3-8-18-28/h2-25H,26H2,1H3. The van der Waals surface area contributed by atoms with Gasteiger partial charge in [-0.05, 0) is 42.8 Å². The van der Waals surface area contributed by atoms with Crippen molar-refractivity contribution in [2.75, 3.05) is 4.90 Å². The maximum atomic E-state index is 5.20. The summed E-state index contributed by atoms with van der Waals surface area (Å²) in [4.78, 5) is 17.7. The van der Waals surface area contributed by atoms with Crippen LogP contribution in [0.15, 0.2) is 140 Å². The molecule has 0 fully saturated rings. The first-order chi connectivity index (χ1) is 22.2. The van der Waals surface area contributed by atoms with Crippen LogP contribution in [0.25, 0.3) is 51.0 Å². The summed E-state index contributed by atoms with van der Waals surface area (Å²) < 4.78 is 2.43. The maximum Gasteiger partial charge on any atom is 0.234 e. The van der Waals surface area contributed by atoms with Crippen LogP contribution >= 0.6 is 0 Å². The van der Waals surface area contributed by atoms with Crippen LogP contribution < -0.4 is 4.90 Å². The number of rotatable bonds is 4. The number of aromatic nitrogens is 4. The normalized spacial score (nSPS) is 16.6. The molecular weight excluding hydrogens is 550 g/mol.